The Hall–Kier alpha value is -2.84. The molecule has 0 aliphatic carbocycles. The van der Waals surface area contributed by atoms with Gasteiger partial charge in [-0.15, -0.1) is 0 Å². The summed E-state index contributed by atoms with van der Waals surface area (Å²) < 4.78 is 26.7. The van der Waals surface area contributed by atoms with Crippen LogP contribution in [-0.4, -0.2) is 32.2 Å². The highest BCUT2D eigenvalue weighted by atomic mass is 19.1. The fourth-order valence-corrected chi connectivity index (χ4v) is 1.35. The topological polar surface area (TPSA) is 108 Å². The van der Waals surface area contributed by atoms with E-state index in [9.17, 15) is 18.4 Å². The number of carbonyl (C=O) groups excluding carboxylic acids is 1. The van der Waals surface area contributed by atoms with Crippen LogP contribution in [0.2, 0.25) is 0 Å². The lowest BCUT2D eigenvalue weighted by molar-refractivity contribution is 0.0686. The van der Waals surface area contributed by atoms with Gasteiger partial charge >= 0.3 is 5.97 Å². The van der Waals surface area contributed by atoms with Crippen LogP contribution in [0.15, 0.2) is 18.5 Å². The van der Waals surface area contributed by atoms with E-state index in [1.165, 1.54) is 0 Å². The van der Waals surface area contributed by atoms with Gasteiger partial charge in [-0.25, -0.2) is 18.6 Å². The number of nitrogens with one attached hydrogen (secondary N) is 2. The average molecular weight is 268 g/mol. The molecule has 0 bridgehead atoms. The molecule has 1 aromatic heterocycles. The first-order valence-corrected chi connectivity index (χ1v) is 4.88. The van der Waals surface area contributed by atoms with Crippen molar-refractivity contribution in [3.05, 3.63) is 41.5 Å². The van der Waals surface area contributed by atoms with Crippen LogP contribution in [0.4, 0.5) is 14.5 Å². The molecule has 3 N–H and O–H groups in total. The van der Waals surface area contributed by atoms with Gasteiger partial charge in [0.25, 0.3) is 5.91 Å². The molecular formula is C10H6F2N4O3. The number of hydrogen-bond acceptors (Lipinski definition) is 4. The van der Waals surface area contributed by atoms with Crippen LogP contribution in [0.1, 0.15) is 21.0 Å². The summed E-state index contributed by atoms with van der Waals surface area (Å²) in [7, 11) is 0. The number of carboxylic acids is 1. The molecule has 0 saturated heterocycles. The van der Waals surface area contributed by atoms with Gasteiger partial charge in [-0.3, -0.25) is 9.89 Å². The molecule has 2 aromatic rings. The van der Waals surface area contributed by atoms with Crippen molar-refractivity contribution < 1.29 is 23.5 Å². The number of H-pyrrole nitrogens is 1. The summed E-state index contributed by atoms with van der Waals surface area (Å²) in [5.74, 6) is -5.23. The predicted octanol–water partition coefficient (Wildman–Crippen LogP) is 1.03. The second kappa shape index (κ2) is 4.80. The van der Waals surface area contributed by atoms with Crippen LogP contribution in [0.5, 0.6) is 0 Å². The van der Waals surface area contributed by atoms with Crippen LogP contribution in [0.25, 0.3) is 0 Å². The van der Waals surface area contributed by atoms with Crippen LogP contribution in [-0.2, 0) is 0 Å². The van der Waals surface area contributed by atoms with Gasteiger partial charge in [0.2, 0.25) is 5.82 Å². The number of aromatic carboxylic acids is 1. The molecule has 0 aliphatic rings. The fraction of sp³-hybridized carbons (Fsp3) is 0. The zero-order valence-corrected chi connectivity index (χ0v) is 9.15. The molecule has 0 unspecified atom stereocenters. The number of halogens is 2. The summed E-state index contributed by atoms with van der Waals surface area (Å²) >= 11 is 0. The maximum atomic E-state index is 13.3. The molecule has 0 atom stereocenters. The molecule has 0 fully saturated rings. The highest BCUT2D eigenvalue weighted by Crippen LogP contribution is 2.19. The lowest BCUT2D eigenvalue weighted by Gasteiger charge is -2.06. The fourth-order valence-electron chi connectivity index (χ4n) is 1.35. The van der Waals surface area contributed by atoms with Crippen LogP contribution < -0.4 is 5.32 Å². The monoisotopic (exact) mass is 268 g/mol. The standard InChI is InChI=1S/C10H6F2N4O3/c11-5-1-4(2-6(12)7(5)10(18)19)15-9(17)8-13-3-14-16-8/h1-3H,(H,15,17)(H,18,19)(H,13,14,16). The number of hydrogen-bond donors (Lipinski definition) is 3. The molecule has 1 amide bonds. The number of benzene rings is 1. The Morgan fingerprint density at radius 2 is 1.89 bits per heavy atom. The van der Waals surface area contributed by atoms with Gasteiger partial charge in [0.05, 0.1) is 0 Å². The third-order valence-corrected chi connectivity index (χ3v) is 2.14. The Labute approximate surface area is 104 Å². The van der Waals surface area contributed by atoms with Crippen molar-refractivity contribution in [3.63, 3.8) is 0 Å². The normalized spacial score (nSPS) is 10.2. The predicted molar refractivity (Wildman–Crippen MR) is 57.7 cm³/mol. The molecule has 19 heavy (non-hydrogen) atoms. The number of rotatable bonds is 3. The number of aromatic nitrogens is 3. The Balaban J connectivity index is 2.28. The highest BCUT2D eigenvalue weighted by molar-refractivity contribution is 6.01. The minimum Gasteiger partial charge on any atom is -0.477 e. The highest BCUT2D eigenvalue weighted by Gasteiger charge is 2.19. The lowest BCUT2D eigenvalue weighted by Crippen LogP contribution is -2.15. The van der Waals surface area contributed by atoms with E-state index in [4.69, 9.17) is 5.11 Å². The number of anilines is 1. The van der Waals surface area contributed by atoms with Gasteiger partial charge in [-0.1, -0.05) is 0 Å². The molecule has 2 rings (SSSR count). The van der Waals surface area contributed by atoms with Gasteiger partial charge in [0.1, 0.15) is 23.5 Å². The number of nitrogens with zero attached hydrogens (tertiary/aromatic N) is 2. The van der Waals surface area contributed by atoms with Crippen LogP contribution in [0, 0.1) is 11.6 Å². The molecule has 0 radical (unpaired) electrons. The summed E-state index contributed by atoms with van der Waals surface area (Å²) in [6.07, 6.45) is 1.09. The van der Waals surface area contributed by atoms with Crippen molar-refractivity contribution >= 4 is 17.6 Å². The molecule has 98 valence electrons. The Morgan fingerprint density at radius 3 is 2.37 bits per heavy atom. The first-order chi connectivity index (χ1) is 8.99. The molecule has 7 nitrogen and oxygen atoms in total. The maximum absolute atomic E-state index is 13.3. The zero-order chi connectivity index (χ0) is 14.0. The maximum Gasteiger partial charge on any atom is 0.341 e. The van der Waals surface area contributed by atoms with E-state index in [-0.39, 0.29) is 11.5 Å². The average Bonchev–Trinajstić information content (AvgIpc) is 2.80. The number of carboxylic acid groups (broad SMARTS) is 1. The van der Waals surface area contributed by atoms with E-state index in [1.807, 2.05) is 0 Å². The van der Waals surface area contributed by atoms with E-state index in [0.29, 0.717) is 12.1 Å². The van der Waals surface area contributed by atoms with Crippen molar-refractivity contribution in [3.8, 4) is 0 Å². The largest absolute Gasteiger partial charge is 0.477 e. The Kier molecular flexibility index (Phi) is 3.19. The second-order valence-corrected chi connectivity index (χ2v) is 3.41. The van der Waals surface area contributed by atoms with E-state index in [2.05, 4.69) is 20.5 Å². The van der Waals surface area contributed by atoms with Gasteiger partial charge in [0.15, 0.2) is 0 Å². The molecule has 1 heterocycles. The van der Waals surface area contributed by atoms with Crippen molar-refractivity contribution in [1.29, 1.82) is 0 Å². The Morgan fingerprint density at radius 1 is 1.26 bits per heavy atom. The van der Waals surface area contributed by atoms with Crippen molar-refractivity contribution in [2.75, 3.05) is 5.32 Å². The molecule has 0 spiro atoms. The van der Waals surface area contributed by atoms with E-state index in [1.54, 1.807) is 0 Å². The number of amides is 1. The minimum atomic E-state index is -1.73. The van der Waals surface area contributed by atoms with Gasteiger partial charge in [-0.2, -0.15) is 5.10 Å². The summed E-state index contributed by atoms with van der Waals surface area (Å²) in [5, 5.41) is 16.4. The Bertz CT molecular complexity index is 619. The van der Waals surface area contributed by atoms with Crippen molar-refractivity contribution in [2.24, 2.45) is 0 Å². The lowest BCUT2D eigenvalue weighted by atomic mass is 10.1. The SMILES string of the molecule is O=C(Nc1cc(F)c(C(=O)O)c(F)c1)c1ncn[nH]1. The third kappa shape index (κ3) is 2.54. The molecule has 0 aliphatic heterocycles. The summed E-state index contributed by atoms with van der Waals surface area (Å²) in [4.78, 5) is 25.6. The molecule has 0 saturated carbocycles. The first-order valence-electron chi connectivity index (χ1n) is 4.88. The second-order valence-electron chi connectivity index (χ2n) is 3.41. The van der Waals surface area contributed by atoms with Crippen LogP contribution >= 0.6 is 0 Å². The van der Waals surface area contributed by atoms with E-state index >= 15 is 0 Å². The molecule has 9 heteroatoms. The van der Waals surface area contributed by atoms with E-state index < -0.39 is 29.1 Å². The zero-order valence-electron chi connectivity index (χ0n) is 9.15. The van der Waals surface area contributed by atoms with Gasteiger partial charge in [-0.05, 0) is 12.1 Å². The summed E-state index contributed by atoms with van der Waals surface area (Å²) in [6, 6.07) is 1.39. The first kappa shape index (κ1) is 12.6. The van der Waals surface area contributed by atoms with Crippen LogP contribution in [0.3, 0.4) is 0 Å². The molecular weight excluding hydrogens is 262 g/mol. The smallest absolute Gasteiger partial charge is 0.341 e. The summed E-state index contributed by atoms with van der Waals surface area (Å²) in [5.41, 5.74) is -1.32. The van der Waals surface area contributed by atoms with E-state index in [0.717, 1.165) is 6.33 Å². The number of carbonyl (C=O) groups is 2. The summed E-state index contributed by atoms with van der Waals surface area (Å²) in [6.45, 7) is 0. The molecule has 1 aromatic carbocycles. The quantitative estimate of drug-likeness (QED) is 0.770. The minimum absolute atomic E-state index is 0.150. The van der Waals surface area contributed by atoms with Gasteiger partial charge in [0, 0.05) is 5.69 Å². The van der Waals surface area contributed by atoms with Crippen molar-refractivity contribution in [2.45, 2.75) is 0 Å². The van der Waals surface area contributed by atoms with Gasteiger partial charge < -0.3 is 10.4 Å². The number of aromatic amines is 1. The third-order valence-electron chi connectivity index (χ3n) is 2.14. The van der Waals surface area contributed by atoms with Crippen molar-refractivity contribution in [1.82, 2.24) is 15.2 Å².